The monoisotopic (exact) mass is 357 g/mol. The van der Waals surface area contributed by atoms with Crippen molar-refractivity contribution in [1.82, 2.24) is 15.3 Å². The van der Waals surface area contributed by atoms with Crippen molar-refractivity contribution in [3.05, 3.63) is 52.2 Å². The maximum atomic E-state index is 12.1. The summed E-state index contributed by atoms with van der Waals surface area (Å²) in [6.45, 7) is 6.63. The van der Waals surface area contributed by atoms with Crippen LogP contribution in [0.2, 0.25) is 0 Å². The second kappa shape index (κ2) is 7.32. The molecule has 0 atom stereocenters. The molecule has 0 saturated heterocycles. The Hall–Kier alpha value is -1.92. The van der Waals surface area contributed by atoms with Crippen molar-refractivity contribution in [2.24, 2.45) is 0 Å². The van der Waals surface area contributed by atoms with Gasteiger partial charge in [0.15, 0.2) is 0 Å². The number of nitrogens with zero attached hydrogens (tertiary/aromatic N) is 2. The summed E-state index contributed by atoms with van der Waals surface area (Å²) in [5, 5.41) is 4.94. The second-order valence-electron chi connectivity index (χ2n) is 5.59. The molecule has 0 saturated carbocycles. The van der Waals surface area contributed by atoms with Gasteiger partial charge in [-0.2, -0.15) is 0 Å². The SMILES string of the molecule is Cc1nc(SCC(=O)NCc2ccccc2)c2c(C)c(C)sc2n1. The molecule has 0 aliphatic carbocycles. The van der Waals surface area contributed by atoms with Crippen molar-refractivity contribution in [2.75, 3.05) is 5.75 Å². The molecule has 0 spiro atoms. The van der Waals surface area contributed by atoms with E-state index in [1.165, 1.54) is 22.2 Å². The number of benzene rings is 1. The third kappa shape index (κ3) is 3.76. The molecule has 6 heteroatoms. The van der Waals surface area contributed by atoms with E-state index in [1.54, 1.807) is 11.3 Å². The van der Waals surface area contributed by atoms with E-state index >= 15 is 0 Å². The van der Waals surface area contributed by atoms with Crippen LogP contribution in [0.3, 0.4) is 0 Å². The molecule has 124 valence electrons. The molecule has 24 heavy (non-hydrogen) atoms. The van der Waals surface area contributed by atoms with Gasteiger partial charge in [0.25, 0.3) is 0 Å². The molecule has 0 aliphatic heterocycles. The number of hydrogen-bond donors (Lipinski definition) is 1. The van der Waals surface area contributed by atoms with E-state index in [9.17, 15) is 4.79 Å². The first kappa shape index (κ1) is 16.9. The van der Waals surface area contributed by atoms with Crippen LogP contribution in [0.1, 0.15) is 21.8 Å². The van der Waals surface area contributed by atoms with E-state index in [1.807, 2.05) is 37.3 Å². The summed E-state index contributed by atoms with van der Waals surface area (Å²) < 4.78 is 0. The largest absolute Gasteiger partial charge is 0.351 e. The quantitative estimate of drug-likeness (QED) is 0.553. The molecule has 0 unspecified atom stereocenters. The van der Waals surface area contributed by atoms with Crippen molar-refractivity contribution >= 4 is 39.2 Å². The van der Waals surface area contributed by atoms with E-state index in [-0.39, 0.29) is 5.91 Å². The van der Waals surface area contributed by atoms with Crippen LogP contribution in [-0.4, -0.2) is 21.6 Å². The Balaban J connectivity index is 1.68. The number of rotatable bonds is 5. The second-order valence-corrected chi connectivity index (χ2v) is 7.76. The molecule has 0 bridgehead atoms. The van der Waals surface area contributed by atoms with Crippen LogP contribution < -0.4 is 5.32 Å². The number of nitrogens with one attached hydrogen (secondary N) is 1. The van der Waals surface area contributed by atoms with Gasteiger partial charge in [0.05, 0.1) is 5.75 Å². The van der Waals surface area contributed by atoms with Gasteiger partial charge in [-0.05, 0) is 31.9 Å². The summed E-state index contributed by atoms with van der Waals surface area (Å²) in [6, 6.07) is 9.91. The van der Waals surface area contributed by atoms with Crippen LogP contribution >= 0.6 is 23.1 Å². The predicted molar refractivity (Wildman–Crippen MR) is 101 cm³/mol. The molecule has 4 nitrogen and oxygen atoms in total. The lowest BCUT2D eigenvalue weighted by Gasteiger charge is -2.07. The number of aromatic nitrogens is 2. The Kier molecular flexibility index (Phi) is 5.16. The number of hydrogen-bond acceptors (Lipinski definition) is 5. The summed E-state index contributed by atoms with van der Waals surface area (Å²) in [6.07, 6.45) is 0. The van der Waals surface area contributed by atoms with Gasteiger partial charge in [0.2, 0.25) is 5.91 Å². The molecular weight excluding hydrogens is 338 g/mol. The first-order valence-corrected chi connectivity index (χ1v) is 9.52. The fraction of sp³-hybridized carbons (Fsp3) is 0.278. The van der Waals surface area contributed by atoms with Crippen LogP contribution in [0.15, 0.2) is 35.4 Å². The highest BCUT2D eigenvalue weighted by Crippen LogP contribution is 2.34. The zero-order chi connectivity index (χ0) is 17.1. The minimum absolute atomic E-state index is 0.0119. The molecule has 0 fully saturated rings. The minimum Gasteiger partial charge on any atom is -0.351 e. The summed E-state index contributed by atoms with van der Waals surface area (Å²) in [5.74, 6) is 1.11. The fourth-order valence-electron chi connectivity index (χ4n) is 2.40. The van der Waals surface area contributed by atoms with Gasteiger partial charge in [-0.25, -0.2) is 9.97 Å². The first-order chi connectivity index (χ1) is 11.5. The third-order valence-electron chi connectivity index (χ3n) is 3.78. The topological polar surface area (TPSA) is 54.9 Å². The number of fused-ring (bicyclic) bond motifs is 1. The Morgan fingerprint density at radius 2 is 1.92 bits per heavy atom. The average Bonchev–Trinajstić information content (AvgIpc) is 2.86. The first-order valence-electron chi connectivity index (χ1n) is 7.72. The van der Waals surface area contributed by atoms with Gasteiger partial charge >= 0.3 is 0 Å². The summed E-state index contributed by atoms with van der Waals surface area (Å²) in [4.78, 5) is 23.4. The van der Waals surface area contributed by atoms with Crippen molar-refractivity contribution in [3.63, 3.8) is 0 Å². The van der Waals surface area contributed by atoms with E-state index in [2.05, 4.69) is 29.1 Å². The van der Waals surface area contributed by atoms with Gasteiger partial charge in [-0.15, -0.1) is 11.3 Å². The maximum absolute atomic E-state index is 12.1. The lowest BCUT2D eigenvalue weighted by atomic mass is 10.2. The zero-order valence-corrected chi connectivity index (χ0v) is 15.6. The summed E-state index contributed by atoms with van der Waals surface area (Å²) in [5.41, 5.74) is 2.31. The van der Waals surface area contributed by atoms with Gasteiger partial charge in [0.1, 0.15) is 15.7 Å². The number of thiophene rings is 1. The number of amides is 1. The average molecular weight is 358 g/mol. The number of carbonyl (C=O) groups is 1. The van der Waals surface area contributed by atoms with Crippen LogP contribution in [0.5, 0.6) is 0 Å². The number of aryl methyl sites for hydroxylation is 3. The van der Waals surface area contributed by atoms with Crippen LogP contribution in [0, 0.1) is 20.8 Å². The van der Waals surface area contributed by atoms with Crippen LogP contribution in [0.25, 0.3) is 10.2 Å². The normalized spacial score (nSPS) is 11.0. The highest BCUT2D eigenvalue weighted by Gasteiger charge is 2.15. The number of carbonyl (C=O) groups excluding carboxylic acids is 1. The smallest absolute Gasteiger partial charge is 0.230 e. The summed E-state index contributed by atoms with van der Waals surface area (Å²) >= 11 is 3.16. The van der Waals surface area contributed by atoms with E-state index in [4.69, 9.17) is 0 Å². The van der Waals surface area contributed by atoms with Crippen molar-refractivity contribution in [2.45, 2.75) is 32.3 Å². The van der Waals surface area contributed by atoms with Crippen LogP contribution in [-0.2, 0) is 11.3 Å². The standard InChI is InChI=1S/C18H19N3OS2/c1-11-12(2)24-18-16(11)17(20-13(3)21-18)23-10-15(22)19-9-14-7-5-4-6-8-14/h4-8H,9-10H2,1-3H3,(H,19,22). The lowest BCUT2D eigenvalue weighted by Crippen LogP contribution is -2.24. The van der Waals surface area contributed by atoms with Gasteiger partial charge in [-0.3, -0.25) is 4.79 Å². The molecule has 0 aliphatic rings. The van der Waals surface area contributed by atoms with E-state index in [0.29, 0.717) is 12.3 Å². The molecule has 3 aromatic rings. The van der Waals surface area contributed by atoms with Crippen molar-refractivity contribution in [1.29, 1.82) is 0 Å². The van der Waals surface area contributed by atoms with Crippen LogP contribution in [0.4, 0.5) is 0 Å². The molecular formula is C18H19N3OS2. The Bertz CT molecular complexity index is 875. The van der Waals surface area contributed by atoms with Gasteiger partial charge < -0.3 is 5.32 Å². The van der Waals surface area contributed by atoms with Gasteiger partial charge in [-0.1, -0.05) is 42.1 Å². The number of thioether (sulfide) groups is 1. The van der Waals surface area contributed by atoms with Crippen molar-refractivity contribution < 1.29 is 4.79 Å². The zero-order valence-electron chi connectivity index (χ0n) is 13.9. The fourth-order valence-corrected chi connectivity index (χ4v) is 4.50. The lowest BCUT2D eigenvalue weighted by molar-refractivity contribution is -0.118. The molecule has 2 aromatic heterocycles. The third-order valence-corrected chi connectivity index (χ3v) is 5.86. The molecule has 2 heterocycles. The van der Waals surface area contributed by atoms with E-state index in [0.717, 1.165) is 26.6 Å². The predicted octanol–water partition coefficient (Wildman–Crippen LogP) is 4.03. The summed E-state index contributed by atoms with van der Waals surface area (Å²) in [7, 11) is 0. The Labute approximate surface area is 149 Å². The molecule has 1 aromatic carbocycles. The maximum Gasteiger partial charge on any atom is 0.230 e. The highest BCUT2D eigenvalue weighted by molar-refractivity contribution is 8.00. The Morgan fingerprint density at radius 1 is 1.17 bits per heavy atom. The molecule has 1 amide bonds. The highest BCUT2D eigenvalue weighted by atomic mass is 32.2. The van der Waals surface area contributed by atoms with E-state index < -0.39 is 0 Å². The molecule has 0 radical (unpaired) electrons. The molecule has 3 rings (SSSR count). The molecule has 1 N–H and O–H groups in total. The Morgan fingerprint density at radius 3 is 2.67 bits per heavy atom. The van der Waals surface area contributed by atoms with Gasteiger partial charge in [0, 0.05) is 16.8 Å². The minimum atomic E-state index is 0.0119. The van der Waals surface area contributed by atoms with Crippen molar-refractivity contribution in [3.8, 4) is 0 Å².